The predicted octanol–water partition coefficient (Wildman–Crippen LogP) is 1.94. The standard InChI is InChI=1S/C16H26N4O4/c1-16(2,3)24-15(21)20-8-6-7-19(9-10-20)14-17-12(22-4)11-13(18-14)23-5/h11H,6-10H2,1-5H3. The molecule has 1 saturated heterocycles. The molecule has 0 atom stereocenters. The molecule has 1 fully saturated rings. The molecule has 0 aliphatic carbocycles. The number of carbonyl (C=O) groups excluding carboxylic acids is 1. The molecule has 0 N–H and O–H groups in total. The molecular weight excluding hydrogens is 312 g/mol. The second-order valence-corrected chi connectivity index (χ2v) is 6.56. The van der Waals surface area contributed by atoms with Gasteiger partial charge < -0.3 is 24.0 Å². The molecule has 1 amide bonds. The Morgan fingerprint density at radius 3 is 2.21 bits per heavy atom. The van der Waals surface area contributed by atoms with Crippen molar-refractivity contribution in [2.24, 2.45) is 0 Å². The van der Waals surface area contributed by atoms with E-state index in [1.165, 1.54) is 0 Å². The van der Waals surface area contributed by atoms with Crippen LogP contribution in [0.5, 0.6) is 11.8 Å². The van der Waals surface area contributed by atoms with Crippen LogP contribution < -0.4 is 14.4 Å². The molecule has 0 saturated carbocycles. The zero-order valence-corrected chi connectivity index (χ0v) is 15.0. The van der Waals surface area contributed by atoms with E-state index in [0.29, 0.717) is 37.3 Å². The van der Waals surface area contributed by atoms with Gasteiger partial charge in [0.05, 0.1) is 20.3 Å². The Labute approximate surface area is 142 Å². The summed E-state index contributed by atoms with van der Waals surface area (Å²) in [4.78, 5) is 24.7. The Morgan fingerprint density at radius 1 is 1.04 bits per heavy atom. The molecule has 0 spiro atoms. The number of methoxy groups -OCH3 is 2. The molecule has 1 aromatic heterocycles. The minimum atomic E-state index is -0.494. The van der Waals surface area contributed by atoms with Gasteiger partial charge in [0.15, 0.2) is 0 Å². The molecule has 1 aromatic rings. The number of hydrogen-bond donors (Lipinski definition) is 0. The largest absolute Gasteiger partial charge is 0.481 e. The number of carbonyl (C=O) groups is 1. The van der Waals surface area contributed by atoms with Crippen molar-refractivity contribution in [3.05, 3.63) is 6.07 Å². The van der Waals surface area contributed by atoms with Gasteiger partial charge in [0.2, 0.25) is 17.7 Å². The van der Waals surface area contributed by atoms with E-state index >= 15 is 0 Å². The number of aromatic nitrogens is 2. The van der Waals surface area contributed by atoms with Crippen LogP contribution in [0.2, 0.25) is 0 Å². The van der Waals surface area contributed by atoms with E-state index in [-0.39, 0.29) is 6.09 Å². The van der Waals surface area contributed by atoms with Crippen LogP contribution in [0.4, 0.5) is 10.7 Å². The average Bonchev–Trinajstić information content (AvgIpc) is 2.78. The van der Waals surface area contributed by atoms with Crippen molar-refractivity contribution in [3.63, 3.8) is 0 Å². The fraction of sp³-hybridized carbons (Fsp3) is 0.688. The van der Waals surface area contributed by atoms with Crippen LogP contribution >= 0.6 is 0 Å². The van der Waals surface area contributed by atoms with Crippen LogP contribution in [0, 0.1) is 0 Å². The molecule has 8 heteroatoms. The van der Waals surface area contributed by atoms with E-state index in [4.69, 9.17) is 14.2 Å². The third kappa shape index (κ3) is 4.87. The van der Waals surface area contributed by atoms with Gasteiger partial charge in [-0.1, -0.05) is 0 Å². The molecule has 1 aliphatic rings. The Kier molecular flexibility index (Phi) is 5.69. The Morgan fingerprint density at radius 2 is 1.67 bits per heavy atom. The summed E-state index contributed by atoms with van der Waals surface area (Å²) in [5.74, 6) is 1.44. The molecule has 0 bridgehead atoms. The minimum Gasteiger partial charge on any atom is -0.481 e. The zero-order valence-electron chi connectivity index (χ0n) is 15.0. The summed E-state index contributed by atoms with van der Waals surface area (Å²) in [5, 5.41) is 0. The lowest BCUT2D eigenvalue weighted by atomic mass is 10.2. The van der Waals surface area contributed by atoms with Gasteiger partial charge >= 0.3 is 6.09 Å². The third-order valence-corrected chi connectivity index (χ3v) is 3.52. The summed E-state index contributed by atoms with van der Waals surface area (Å²) in [6.07, 6.45) is 0.524. The maximum Gasteiger partial charge on any atom is 0.410 e. The van der Waals surface area contributed by atoms with E-state index in [1.807, 2.05) is 25.7 Å². The van der Waals surface area contributed by atoms with Crippen LogP contribution in [0.3, 0.4) is 0 Å². The lowest BCUT2D eigenvalue weighted by molar-refractivity contribution is 0.0263. The number of nitrogens with zero attached hydrogens (tertiary/aromatic N) is 4. The van der Waals surface area contributed by atoms with Crippen molar-refractivity contribution in [1.82, 2.24) is 14.9 Å². The van der Waals surface area contributed by atoms with Crippen molar-refractivity contribution < 1.29 is 19.0 Å². The van der Waals surface area contributed by atoms with Gasteiger partial charge in [-0.3, -0.25) is 0 Å². The normalized spacial score (nSPS) is 15.7. The molecule has 0 aromatic carbocycles. The summed E-state index contributed by atoms with van der Waals surface area (Å²) in [6, 6.07) is 1.63. The molecular formula is C16H26N4O4. The quantitative estimate of drug-likeness (QED) is 0.833. The van der Waals surface area contributed by atoms with Gasteiger partial charge in [-0.05, 0) is 27.2 Å². The average molecular weight is 338 g/mol. The predicted molar refractivity (Wildman–Crippen MR) is 89.8 cm³/mol. The van der Waals surface area contributed by atoms with Gasteiger partial charge in [0.25, 0.3) is 0 Å². The summed E-state index contributed by atoms with van der Waals surface area (Å²) in [6.45, 7) is 8.16. The van der Waals surface area contributed by atoms with Crippen LogP contribution in [-0.4, -0.2) is 67.0 Å². The molecule has 1 aliphatic heterocycles. The van der Waals surface area contributed by atoms with Gasteiger partial charge in [-0.15, -0.1) is 0 Å². The smallest absolute Gasteiger partial charge is 0.410 e. The topological polar surface area (TPSA) is 77.0 Å². The van der Waals surface area contributed by atoms with Crippen molar-refractivity contribution in [2.75, 3.05) is 45.3 Å². The highest BCUT2D eigenvalue weighted by Gasteiger charge is 2.25. The SMILES string of the molecule is COc1cc(OC)nc(N2CCCN(C(=O)OC(C)(C)C)CC2)n1. The molecule has 24 heavy (non-hydrogen) atoms. The van der Waals surface area contributed by atoms with E-state index in [2.05, 4.69) is 9.97 Å². The van der Waals surface area contributed by atoms with E-state index in [1.54, 1.807) is 25.2 Å². The van der Waals surface area contributed by atoms with Gasteiger partial charge in [-0.2, -0.15) is 9.97 Å². The molecule has 2 rings (SSSR count). The highest BCUT2D eigenvalue weighted by atomic mass is 16.6. The van der Waals surface area contributed by atoms with Crippen molar-refractivity contribution in [2.45, 2.75) is 32.8 Å². The molecule has 134 valence electrons. The number of hydrogen-bond acceptors (Lipinski definition) is 7. The van der Waals surface area contributed by atoms with Crippen molar-refractivity contribution >= 4 is 12.0 Å². The summed E-state index contributed by atoms with van der Waals surface area (Å²) >= 11 is 0. The minimum absolute atomic E-state index is 0.284. The van der Waals surface area contributed by atoms with Crippen LogP contribution in [-0.2, 0) is 4.74 Å². The van der Waals surface area contributed by atoms with E-state index in [0.717, 1.165) is 13.0 Å². The monoisotopic (exact) mass is 338 g/mol. The Balaban J connectivity index is 2.06. The summed E-state index contributed by atoms with van der Waals surface area (Å²) in [5.41, 5.74) is -0.494. The van der Waals surface area contributed by atoms with Crippen molar-refractivity contribution in [3.8, 4) is 11.8 Å². The number of ether oxygens (including phenoxy) is 3. The highest BCUT2D eigenvalue weighted by molar-refractivity contribution is 5.68. The van der Waals surface area contributed by atoms with Crippen LogP contribution in [0.25, 0.3) is 0 Å². The number of rotatable bonds is 3. The fourth-order valence-corrected chi connectivity index (χ4v) is 2.37. The van der Waals surface area contributed by atoms with E-state index < -0.39 is 5.60 Å². The van der Waals surface area contributed by atoms with Gasteiger partial charge in [0, 0.05) is 26.2 Å². The maximum absolute atomic E-state index is 12.2. The number of anilines is 1. The second-order valence-electron chi connectivity index (χ2n) is 6.56. The van der Waals surface area contributed by atoms with Gasteiger partial charge in [-0.25, -0.2) is 4.79 Å². The highest BCUT2D eigenvalue weighted by Crippen LogP contribution is 2.21. The summed E-state index contributed by atoms with van der Waals surface area (Å²) < 4.78 is 15.8. The van der Waals surface area contributed by atoms with E-state index in [9.17, 15) is 4.79 Å². The maximum atomic E-state index is 12.2. The van der Waals surface area contributed by atoms with Crippen LogP contribution in [0.1, 0.15) is 27.2 Å². The fourth-order valence-electron chi connectivity index (χ4n) is 2.37. The third-order valence-electron chi connectivity index (χ3n) is 3.52. The first kappa shape index (κ1) is 18.1. The summed E-state index contributed by atoms with van der Waals surface area (Å²) in [7, 11) is 3.11. The first-order valence-electron chi connectivity index (χ1n) is 8.02. The zero-order chi connectivity index (χ0) is 17.7. The first-order valence-corrected chi connectivity index (χ1v) is 8.02. The van der Waals surface area contributed by atoms with Crippen LogP contribution in [0.15, 0.2) is 6.07 Å². The molecule has 0 radical (unpaired) electrons. The molecule has 2 heterocycles. The lowest BCUT2D eigenvalue weighted by Gasteiger charge is -2.26. The Hall–Kier alpha value is -2.25. The number of amides is 1. The van der Waals surface area contributed by atoms with Crippen molar-refractivity contribution in [1.29, 1.82) is 0 Å². The lowest BCUT2D eigenvalue weighted by Crippen LogP contribution is -2.39. The molecule has 0 unspecified atom stereocenters. The molecule has 8 nitrogen and oxygen atoms in total. The second kappa shape index (κ2) is 7.55. The first-order chi connectivity index (χ1) is 11.3. The Bertz CT molecular complexity index is 551. The van der Waals surface area contributed by atoms with Gasteiger partial charge in [0.1, 0.15) is 5.60 Å².